The van der Waals surface area contributed by atoms with Crippen LogP contribution in [0.4, 0.5) is 0 Å². The molecule has 3 nitrogen and oxygen atoms in total. The number of ether oxygens (including phenoxy) is 1. The van der Waals surface area contributed by atoms with Crippen molar-refractivity contribution in [1.29, 1.82) is 0 Å². The molecular formula is C11H10N2O. The molecule has 0 amide bonds. The first kappa shape index (κ1) is 8.69. The summed E-state index contributed by atoms with van der Waals surface area (Å²) in [5, 5.41) is 0. The second-order valence-corrected chi connectivity index (χ2v) is 2.80. The predicted molar refractivity (Wildman–Crippen MR) is 52.8 cm³/mol. The monoisotopic (exact) mass is 186 g/mol. The number of hydrogen-bond acceptors (Lipinski definition) is 3. The van der Waals surface area contributed by atoms with Crippen molar-refractivity contribution in [2.24, 2.45) is 0 Å². The van der Waals surface area contributed by atoms with E-state index in [2.05, 4.69) is 9.97 Å². The maximum atomic E-state index is 5.50. The summed E-state index contributed by atoms with van der Waals surface area (Å²) in [7, 11) is 0. The van der Waals surface area contributed by atoms with Crippen molar-refractivity contribution in [3.8, 4) is 5.75 Å². The summed E-state index contributed by atoms with van der Waals surface area (Å²) < 4.78 is 5.50. The highest BCUT2D eigenvalue weighted by atomic mass is 16.5. The van der Waals surface area contributed by atoms with Gasteiger partial charge in [0.05, 0.1) is 5.69 Å². The highest BCUT2D eigenvalue weighted by Crippen LogP contribution is 2.09. The third-order valence-corrected chi connectivity index (χ3v) is 1.77. The first-order chi connectivity index (χ1) is 6.95. The molecule has 0 saturated carbocycles. The van der Waals surface area contributed by atoms with Crippen LogP contribution >= 0.6 is 0 Å². The fourth-order valence-electron chi connectivity index (χ4n) is 1.08. The van der Waals surface area contributed by atoms with E-state index in [0.29, 0.717) is 6.61 Å². The number of nitrogens with zero attached hydrogens (tertiary/aromatic N) is 2. The van der Waals surface area contributed by atoms with Crippen LogP contribution in [0.25, 0.3) is 0 Å². The van der Waals surface area contributed by atoms with Crippen LogP contribution in [0.3, 0.4) is 0 Å². The van der Waals surface area contributed by atoms with Crippen molar-refractivity contribution < 1.29 is 4.74 Å². The zero-order chi connectivity index (χ0) is 9.64. The third kappa shape index (κ3) is 2.29. The molecule has 1 aromatic heterocycles. The van der Waals surface area contributed by atoms with E-state index in [9.17, 15) is 0 Å². The van der Waals surface area contributed by atoms with Crippen LogP contribution in [0.5, 0.6) is 5.75 Å². The minimum absolute atomic E-state index is 0.479. The second kappa shape index (κ2) is 4.37. The molecule has 0 aliphatic rings. The van der Waals surface area contributed by atoms with Crippen LogP contribution in [-0.4, -0.2) is 9.97 Å². The molecule has 70 valence electrons. The topological polar surface area (TPSA) is 35.0 Å². The Morgan fingerprint density at radius 1 is 1.07 bits per heavy atom. The van der Waals surface area contributed by atoms with Gasteiger partial charge < -0.3 is 4.74 Å². The Morgan fingerprint density at radius 2 is 1.93 bits per heavy atom. The number of benzene rings is 1. The number of hydrogen-bond donors (Lipinski definition) is 0. The molecule has 2 rings (SSSR count). The normalized spacial score (nSPS) is 9.71. The fraction of sp³-hybridized carbons (Fsp3) is 0.0909. The summed E-state index contributed by atoms with van der Waals surface area (Å²) in [4.78, 5) is 7.89. The summed E-state index contributed by atoms with van der Waals surface area (Å²) in [6.07, 6.45) is 3.22. The van der Waals surface area contributed by atoms with Crippen LogP contribution in [0.15, 0.2) is 48.9 Å². The zero-order valence-corrected chi connectivity index (χ0v) is 7.63. The fourth-order valence-corrected chi connectivity index (χ4v) is 1.08. The molecule has 0 atom stereocenters. The quantitative estimate of drug-likeness (QED) is 0.735. The van der Waals surface area contributed by atoms with E-state index >= 15 is 0 Å². The van der Waals surface area contributed by atoms with E-state index in [1.54, 1.807) is 6.20 Å². The second-order valence-electron chi connectivity index (χ2n) is 2.80. The van der Waals surface area contributed by atoms with E-state index in [0.717, 1.165) is 11.4 Å². The van der Waals surface area contributed by atoms with Crippen molar-refractivity contribution in [2.75, 3.05) is 0 Å². The van der Waals surface area contributed by atoms with Crippen molar-refractivity contribution in [1.82, 2.24) is 9.97 Å². The Labute approximate surface area is 82.4 Å². The summed E-state index contributed by atoms with van der Waals surface area (Å²) in [5.74, 6) is 0.853. The lowest BCUT2D eigenvalue weighted by Crippen LogP contribution is -1.97. The SMILES string of the molecule is c1ccc(OCc2ccncn2)cc1. The van der Waals surface area contributed by atoms with Gasteiger partial charge >= 0.3 is 0 Å². The lowest BCUT2D eigenvalue weighted by atomic mass is 10.3. The maximum absolute atomic E-state index is 5.50. The molecule has 0 radical (unpaired) electrons. The Hall–Kier alpha value is -1.90. The van der Waals surface area contributed by atoms with Crippen molar-refractivity contribution >= 4 is 0 Å². The molecule has 1 aromatic carbocycles. The molecule has 0 aliphatic heterocycles. The van der Waals surface area contributed by atoms with Gasteiger partial charge in [0.15, 0.2) is 0 Å². The minimum atomic E-state index is 0.479. The predicted octanol–water partition coefficient (Wildman–Crippen LogP) is 2.06. The van der Waals surface area contributed by atoms with E-state index in [1.807, 2.05) is 36.4 Å². The van der Waals surface area contributed by atoms with Gasteiger partial charge in [-0.3, -0.25) is 0 Å². The van der Waals surface area contributed by atoms with E-state index in [-0.39, 0.29) is 0 Å². The Balaban J connectivity index is 1.96. The Morgan fingerprint density at radius 3 is 2.64 bits per heavy atom. The molecule has 0 spiro atoms. The highest BCUT2D eigenvalue weighted by Gasteiger charge is 1.94. The molecule has 0 N–H and O–H groups in total. The van der Waals surface area contributed by atoms with Gasteiger partial charge in [0.1, 0.15) is 18.7 Å². The summed E-state index contributed by atoms with van der Waals surface area (Å²) >= 11 is 0. The average molecular weight is 186 g/mol. The lowest BCUT2D eigenvalue weighted by molar-refractivity contribution is 0.301. The van der Waals surface area contributed by atoms with Crippen molar-refractivity contribution in [3.05, 3.63) is 54.6 Å². The number of rotatable bonds is 3. The molecule has 0 saturated heterocycles. The van der Waals surface area contributed by atoms with E-state index < -0.39 is 0 Å². The van der Waals surface area contributed by atoms with Gasteiger partial charge in [0, 0.05) is 6.20 Å². The van der Waals surface area contributed by atoms with Gasteiger partial charge in [-0.1, -0.05) is 18.2 Å². The molecular weight excluding hydrogens is 176 g/mol. The molecule has 0 aliphatic carbocycles. The molecule has 0 fully saturated rings. The summed E-state index contributed by atoms with van der Waals surface area (Å²) in [5.41, 5.74) is 0.879. The standard InChI is InChI=1S/C11H10N2O/c1-2-4-11(5-3-1)14-8-10-6-7-12-9-13-10/h1-7,9H,8H2. The van der Waals surface area contributed by atoms with Crippen molar-refractivity contribution in [3.63, 3.8) is 0 Å². The largest absolute Gasteiger partial charge is 0.487 e. The number of para-hydroxylation sites is 1. The number of aromatic nitrogens is 2. The Bertz CT molecular complexity index is 336. The van der Waals surface area contributed by atoms with Gasteiger partial charge in [0.2, 0.25) is 0 Å². The van der Waals surface area contributed by atoms with Crippen LogP contribution in [0.1, 0.15) is 5.69 Å². The molecule has 14 heavy (non-hydrogen) atoms. The lowest BCUT2D eigenvalue weighted by Gasteiger charge is -2.03. The van der Waals surface area contributed by atoms with E-state index in [4.69, 9.17) is 4.74 Å². The first-order valence-electron chi connectivity index (χ1n) is 4.38. The third-order valence-electron chi connectivity index (χ3n) is 1.77. The van der Waals surface area contributed by atoms with E-state index in [1.165, 1.54) is 6.33 Å². The first-order valence-corrected chi connectivity index (χ1v) is 4.38. The summed E-state index contributed by atoms with van der Waals surface area (Å²) in [6.45, 7) is 0.479. The van der Waals surface area contributed by atoms with Crippen LogP contribution < -0.4 is 4.74 Å². The molecule has 3 heteroatoms. The smallest absolute Gasteiger partial charge is 0.130 e. The maximum Gasteiger partial charge on any atom is 0.130 e. The zero-order valence-electron chi connectivity index (χ0n) is 7.63. The molecule has 0 bridgehead atoms. The van der Waals surface area contributed by atoms with Gasteiger partial charge in [-0.25, -0.2) is 9.97 Å². The average Bonchev–Trinajstić information content (AvgIpc) is 2.29. The highest BCUT2D eigenvalue weighted by molar-refractivity contribution is 5.21. The minimum Gasteiger partial charge on any atom is -0.487 e. The van der Waals surface area contributed by atoms with Crippen LogP contribution in [0.2, 0.25) is 0 Å². The molecule has 2 aromatic rings. The molecule has 0 unspecified atom stereocenters. The summed E-state index contributed by atoms with van der Waals surface area (Å²) in [6, 6.07) is 11.5. The van der Waals surface area contributed by atoms with Gasteiger partial charge in [-0.15, -0.1) is 0 Å². The van der Waals surface area contributed by atoms with Gasteiger partial charge in [-0.2, -0.15) is 0 Å². The van der Waals surface area contributed by atoms with Crippen LogP contribution in [-0.2, 0) is 6.61 Å². The van der Waals surface area contributed by atoms with Crippen LogP contribution in [0, 0.1) is 0 Å². The Kier molecular flexibility index (Phi) is 2.71. The van der Waals surface area contributed by atoms with Gasteiger partial charge in [0.25, 0.3) is 0 Å². The van der Waals surface area contributed by atoms with Gasteiger partial charge in [-0.05, 0) is 18.2 Å². The molecule has 1 heterocycles. The van der Waals surface area contributed by atoms with Crippen molar-refractivity contribution in [2.45, 2.75) is 6.61 Å².